The molecular weight excluding hydrogens is 420 g/mol. The van der Waals surface area contributed by atoms with Crippen LogP contribution in [0.5, 0.6) is 0 Å². The van der Waals surface area contributed by atoms with Crippen LogP contribution in [0.2, 0.25) is 5.02 Å². The molecule has 0 radical (unpaired) electrons. The first kappa shape index (κ1) is 18.8. The third-order valence-electron chi connectivity index (χ3n) is 4.26. The van der Waals surface area contributed by atoms with E-state index in [-0.39, 0.29) is 5.91 Å². The van der Waals surface area contributed by atoms with Gasteiger partial charge in [-0.05, 0) is 29.8 Å². The molecule has 1 fully saturated rings. The average molecular weight is 440 g/mol. The van der Waals surface area contributed by atoms with Gasteiger partial charge in [0.2, 0.25) is 0 Å². The number of aliphatic imine (C=N–C) groups is 1. The third-order valence-corrected chi connectivity index (χ3v) is 5.11. The Labute approximate surface area is 165 Å². The zero-order chi connectivity index (χ0) is 18.5. The summed E-state index contributed by atoms with van der Waals surface area (Å²) in [5, 5.41) is 4.05. The van der Waals surface area contributed by atoms with Crippen LogP contribution in [0.3, 0.4) is 0 Å². The van der Waals surface area contributed by atoms with Gasteiger partial charge in [0.25, 0.3) is 5.91 Å². The first-order valence-electron chi connectivity index (χ1n) is 8.31. The van der Waals surface area contributed by atoms with Crippen LogP contribution in [-0.4, -0.2) is 54.9 Å². The molecule has 1 aromatic heterocycles. The summed E-state index contributed by atoms with van der Waals surface area (Å²) < 4.78 is 6.15. The van der Waals surface area contributed by atoms with E-state index in [0.717, 1.165) is 16.0 Å². The minimum Gasteiger partial charge on any atom is -0.459 e. The van der Waals surface area contributed by atoms with Gasteiger partial charge in [0.15, 0.2) is 11.7 Å². The van der Waals surface area contributed by atoms with Gasteiger partial charge in [0, 0.05) is 49.3 Å². The van der Waals surface area contributed by atoms with Crippen molar-refractivity contribution in [1.82, 2.24) is 15.1 Å². The van der Waals surface area contributed by atoms with Gasteiger partial charge in [-0.2, -0.15) is 0 Å². The van der Waals surface area contributed by atoms with Crippen LogP contribution in [0.15, 0.2) is 50.5 Å². The second-order valence-corrected chi connectivity index (χ2v) is 7.22. The van der Waals surface area contributed by atoms with Crippen LogP contribution >= 0.6 is 27.5 Å². The van der Waals surface area contributed by atoms with Crippen molar-refractivity contribution in [1.29, 1.82) is 0 Å². The van der Waals surface area contributed by atoms with Gasteiger partial charge < -0.3 is 19.5 Å². The van der Waals surface area contributed by atoms with Crippen LogP contribution in [0.1, 0.15) is 16.1 Å². The molecular formula is C18H20BrClN4O2. The minimum absolute atomic E-state index is 0.0701. The Morgan fingerprint density at radius 2 is 2.00 bits per heavy atom. The molecule has 1 aromatic carbocycles. The monoisotopic (exact) mass is 438 g/mol. The van der Waals surface area contributed by atoms with Crippen molar-refractivity contribution in [3.63, 3.8) is 0 Å². The second-order valence-electron chi connectivity index (χ2n) is 5.89. The lowest BCUT2D eigenvalue weighted by atomic mass is 10.2. The summed E-state index contributed by atoms with van der Waals surface area (Å²) in [6.45, 7) is 3.25. The summed E-state index contributed by atoms with van der Waals surface area (Å²) in [7, 11) is 1.76. The Morgan fingerprint density at radius 3 is 2.62 bits per heavy atom. The molecule has 3 rings (SSSR count). The fourth-order valence-electron chi connectivity index (χ4n) is 2.85. The normalized spacial score (nSPS) is 15.3. The summed E-state index contributed by atoms with van der Waals surface area (Å²) in [5.41, 5.74) is 1.00. The SMILES string of the molecule is CN=C(NCc1ccc(Br)cc1Cl)N1CCN(C(=O)c2ccco2)CC1. The molecule has 1 saturated heterocycles. The van der Waals surface area contributed by atoms with Crippen LogP contribution < -0.4 is 5.32 Å². The van der Waals surface area contributed by atoms with E-state index in [1.54, 1.807) is 24.1 Å². The maximum Gasteiger partial charge on any atom is 0.289 e. The molecule has 1 aliphatic rings. The van der Waals surface area contributed by atoms with Crippen molar-refractivity contribution < 1.29 is 9.21 Å². The standard InChI is InChI=1S/C18H20BrClN4O2/c1-21-18(22-12-13-4-5-14(19)11-15(13)20)24-8-6-23(7-9-24)17(25)16-3-2-10-26-16/h2-5,10-11H,6-9,12H2,1H3,(H,21,22). The van der Waals surface area contributed by atoms with Gasteiger partial charge in [-0.15, -0.1) is 0 Å². The lowest BCUT2D eigenvalue weighted by Gasteiger charge is -2.36. The molecule has 1 amide bonds. The van der Waals surface area contributed by atoms with E-state index in [0.29, 0.717) is 43.5 Å². The van der Waals surface area contributed by atoms with Crippen molar-refractivity contribution in [3.8, 4) is 0 Å². The zero-order valence-corrected chi connectivity index (χ0v) is 16.8. The summed E-state index contributed by atoms with van der Waals surface area (Å²) >= 11 is 9.68. The number of piperazine rings is 1. The summed E-state index contributed by atoms with van der Waals surface area (Å²) in [4.78, 5) is 20.6. The highest BCUT2D eigenvalue weighted by atomic mass is 79.9. The Balaban J connectivity index is 1.54. The summed E-state index contributed by atoms with van der Waals surface area (Å²) in [5.74, 6) is 1.11. The molecule has 0 bridgehead atoms. The van der Waals surface area contributed by atoms with Gasteiger partial charge in [0.1, 0.15) is 0 Å². The van der Waals surface area contributed by atoms with Crippen molar-refractivity contribution in [2.24, 2.45) is 4.99 Å². The topological polar surface area (TPSA) is 61.1 Å². The molecule has 1 N–H and O–H groups in total. The molecule has 2 aromatic rings. The molecule has 6 nitrogen and oxygen atoms in total. The highest BCUT2D eigenvalue weighted by molar-refractivity contribution is 9.10. The molecule has 0 saturated carbocycles. The first-order chi connectivity index (χ1) is 12.6. The Bertz CT molecular complexity index is 786. The number of benzene rings is 1. The number of guanidine groups is 1. The van der Waals surface area contributed by atoms with Crippen LogP contribution in [0.25, 0.3) is 0 Å². The van der Waals surface area contributed by atoms with Gasteiger partial charge in [0.05, 0.1) is 6.26 Å². The van der Waals surface area contributed by atoms with E-state index < -0.39 is 0 Å². The van der Waals surface area contributed by atoms with Crippen molar-refractivity contribution in [2.75, 3.05) is 33.2 Å². The average Bonchev–Trinajstić information content (AvgIpc) is 3.18. The largest absolute Gasteiger partial charge is 0.459 e. The number of furan rings is 1. The number of halogens is 2. The number of hydrogen-bond acceptors (Lipinski definition) is 3. The number of rotatable bonds is 3. The Kier molecular flexibility index (Phi) is 6.21. The lowest BCUT2D eigenvalue weighted by Crippen LogP contribution is -2.53. The van der Waals surface area contributed by atoms with Gasteiger partial charge >= 0.3 is 0 Å². The van der Waals surface area contributed by atoms with E-state index in [1.165, 1.54) is 6.26 Å². The quantitative estimate of drug-likeness (QED) is 0.589. The molecule has 1 aliphatic heterocycles. The molecule has 26 heavy (non-hydrogen) atoms. The lowest BCUT2D eigenvalue weighted by molar-refractivity contribution is 0.0657. The van der Waals surface area contributed by atoms with E-state index in [9.17, 15) is 4.79 Å². The van der Waals surface area contributed by atoms with Gasteiger partial charge in [-0.25, -0.2) is 0 Å². The molecule has 0 aliphatic carbocycles. The van der Waals surface area contributed by atoms with E-state index in [4.69, 9.17) is 16.0 Å². The molecule has 0 unspecified atom stereocenters. The smallest absolute Gasteiger partial charge is 0.289 e. The summed E-state index contributed by atoms with van der Waals surface area (Å²) in [6.07, 6.45) is 1.52. The minimum atomic E-state index is -0.0701. The van der Waals surface area contributed by atoms with Crippen LogP contribution in [-0.2, 0) is 6.54 Å². The number of amides is 1. The van der Waals surface area contributed by atoms with E-state index >= 15 is 0 Å². The van der Waals surface area contributed by atoms with E-state index in [1.807, 2.05) is 18.2 Å². The number of hydrogen-bond donors (Lipinski definition) is 1. The number of nitrogens with one attached hydrogen (secondary N) is 1. The van der Waals surface area contributed by atoms with E-state index in [2.05, 4.69) is 31.1 Å². The fourth-order valence-corrected chi connectivity index (χ4v) is 3.59. The van der Waals surface area contributed by atoms with Crippen LogP contribution in [0.4, 0.5) is 0 Å². The van der Waals surface area contributed by atoms with Gasteiger partial charge in [-0.1, -0.05) is 33.6 Å². The molecule has 8 heteroatoms. The van der Waals surface area contributed by atoms with Crippen molar-refractivity contribution >= 4 is 39.4 Å². The summed E-state index contributed by atoms with van der Waals surface area (Å²) in [6, 6.07) is 9.23. The predicted molar refractivity (Wildman–Crippen MR) is 106 cm³/mol. The number of carbonyl (C=O) groups is 1. The fraction of sp³-hybridized carbons (Fsp3) is 0.333. The highest BCUT2D eigenvalue weighted by Gasteiger charge is 2.25. The molecule has 0 spiro atoms. The third kappa shape index (κ3) is 4.40. The maximum atomic E-state index is 12.3. The Morgan fingerprint density at radius 1 is 1.27 bits per heavy atom. The predicted octanol–water partition coefficient (Wildman–Crippen LogP) is 3.23. The van der Waals surface area contributed by atoms with Crippen molar-refractivity contribution in [3.05, 3.63) is 57.4 Å². The second kappa shape index (κ2) is 8.60. The number of carbonyl (C=O) groups excluding carboxylic acids is 1. The highest BCUT2D eigenvalue weighted by Crippen LogP contribution is 2.21. The number of nitrogens with zero attached hydrogens (tertiary/aromatic N) is 3. The Hall–Kier alpha value is -1.99. The van der Waals surface area contributed by atoms with Gasteiger partial charge in [-0.3, -0.25) is 9.79 Å². The van der Waals surface area contributed by atoms with Crippen LogP contribution in [0, 0.1) is 0 Å². The maximum absolute atomic E-state index is 12.3. The molecule has 0 atom stereocenters. The van der Waals surface area contributed by atoms with Crippen molar-refractivity contribution in [2.45, 2.75) is 6.54 Å². The zero-order valence-electron chi connectivity index (χ0n) is 14.4. The molecule has 138 valence electrons. The molecule has 2 heterocycles. The first-order valence-corrected chi connectivity index (χ1v) is 9.48.